The number of hydrogen-bond donors (Lipinski definition) is 1. The molecule has 0 saturated carbocycles. The van der Waals surface area contributed by atoms with Crippen molar-refractivity contribution in [1.29, 1.82) is 0 Å². The van der Waals surface area contributed by atoms with E-state index in [1.165, 1.54) is 12.1 Å². The monoisotopic (exact) mass is 297 g/mol. The van der Waals surface area contributed by atoms with E-state index in [1.807, 2.05) is 0 Å². The summed E-state index contributed by atoms with van der Waals surface area (Å²) in [6.07, 6.45) is 0.647. The van der Waals surface area contributed by atoms with Crippen molar-refractivity contribution in [3.63, 3.8) is 0 Å². The average Bonchev–Trinajstić information content (AvgIpc) is 2.45. The Hall–Kier alpha value is -1.66. The Balaban J connectivity index is 1.64. The summed E-state index contributed by atoms with van der Waals surface area (Å²) in [5.41, 5.74) is 0. The molecule has 0 radical (unpaired) electrons. The molecule has 116 valence electrons. The minimum absolute atomic E-state index is 0.0442. The summed E-state index contributed by atoms with van der Waals surface area (Å²) in [5, 5.41) is 8.77. The van der Waals surface area contributed by atoms with E-state index in [2.05, 4.69) is 4.90 Å². The van der Waals surface area contributed by atoms with E-state index in [0.29, 0.717) is 25.5 Å². The maximum atomic E-state index is 12.7. The molecule has 1 aliphatic heterocycles. The van der Waals surface area contributed by atoms with Gasteiger partial charge in [0.2, 0.25) is 0 Å². The second-order valence-corrected chi connectivity index (χ2v) is 5.05. The third-order valence-corrected chi connectivity index (χ3v) is 3.33. The van der Waals surface area contributed by atoms with E-state index < -0.39 is 5.97 Å². The molecular formula is C15H20FNO4. The van der Waals surface area contributed by atoms with Crippen LogP contribution in [0.3, 0.4) is 0 Å². The second-order valence-electron chi connectivity index (χ2n) is 5.05. The van der Waals surface area contributed by atoms with E-state index in [1.54, 1.807) is 12.1 Å². The lowest BCUT2D eigenvalue weighted by Crippen LogP contribution is -2.43. The Labute approximate surface area is 123 Å². The first-order chi connectivity index (χ1) is 10.1. The predicted octanol–water partition coefficient (Wildman–Crippen LogP) is 1.77. The molecule has 1 aliphatic rings. The highest BCUT2D eigenvalue weighted by atomic mass is 19.1. The maximum absolute atomic E-state index is 12.7. The molecule has 1 N–H and O–H groups in total. The van der Waals surface area contributed by atoms with Gasteiger partial charge in [-0.05, 0) is 30.7 Å². The zero-order chi connectivity index (χ0) is 15.1. The van der Waals surface area contributed by atoms with Gasteiger partial charge in [0.1, 0.15) is 11.6 Å². The number of hydrogen-bond acceptors (Lipinski definition) is 4. The first kappa shape index (κ1) is 15.7. The lowest BCUT2D eigenvalue weighted by molar-refractivity contribution is -0.142. The van der Waals surface area contributed by atoms with Crippen molar-refractivity contribution in [2.45, 2.75) is 18.9 Å². The van der Waals surface area contributed by atoms with Gasteiger partial charge in [-0.15, -0.1) is 0 Å². The van der Waals surface area contributed by atoms with Crippen LogP contribution in [0.1, 0.15) is 12.8 Å². The number of morpholine rings is 1. The molecule has 0 bridgehead atoms. The van der Waals surface area contributed by atoms with Crippen molar-refractivity contribution < 1.29 is 23.8 Å². The van der Waals surface area contributed by atoms with Gasteiger partial charge in [-0.1, -0.05) is 0 Å². The number of halogens is 1. The van der Waals surface area contributed by atoms with Crippen LogP contribution in [-0.4, -0.2) is 54.9 Å². The SMILES string of the molecule is O=C(O)CC1CN(CCCOc2ccc(F)cc2)CCO1. The van der Waals surface area contributed by atoms with Crippen LogP contribution >= 0.6 is 0 Å². The molecule has 5 nitrogen and oxygen atoms in total. The van der Waals surface area contributed by atoms with Crippen LogP contribution in [0.4, 0.5) is 4.39 Å². The van der Waals surface area contributed by atoms with Crippen LogP contribution in [0.15, 0.2) is 24.3 Å². The molecule has 21 heavy (non-hydrogen) atoms. The lowest BCUT2D eigenvalue weighted by atomic mass is 10.2. The average molecular weight is 297 g/mol. The van der Waals surface area contributed by atoms with Crippen LogP contribution in [0.25, 0.3) is 0 Å². The summed E-state index contributed by atoms with van der Waals surface area (Å²) in [4.78, 5) is 12.9. The highest BCUT2D eigenvalue weighted by molar-refractivity contribution is 5.67. The Kier molecular flexibility index (Phi) is 5.95. The Morgan fingerprint density at radius 2 is 2.19 bits per heavy atom. The molecule has 1 heterocycles. The fraction of sp³-hybridized carbons (Fsp3) is 0.533. The first-order valence-corrected chi connectivity index (χ1v) is 7.07. The molecule has 1 fully saturated rings. The molecule has 1 atom stereocenters. The van der Waals surface area contributed by atoms with E-state index in [4.69, 9.17) is 14.6 Å². The van der Waals surface area contributed by atoms with Gasteiger partial charge < -0.3 is 14.6 Å². The third-order valence-electron chi connectivity index (χ3n) is 3.33. The Bertz CT molecular complexity index is 451. The number of nitrogens with zero attached hydrogens (tertiary/aromatic N) is 1. The molecule has 1 unspecified atom stereocenters. The molecular weight excluding hydrogens is 277 g/mol. The fourth-order valence-electron chi connectivity index (χ4n) is 2.31. The maximum Gasteiger partial charge on any atom is 0.306 e. The summed E-state index contributed by atoms with van der Waals surface area (Å²) < 4.78 is 23.7. The minimum Gasteiger partial charge on any atom is -0.494 e. The second kappa shape index (κ2) is 7.95. The number of rotatable bonds is 7. The molecule has 2 rings (SSSR count). The lowest BCUT2D eigenvalue weighted by Gasteiger charge is -2.32. The van der Waals surface area contributed by atoms with Crippen LogP contribution in [0, 0.1) is 5.82 Å². The molecule has 0 spiro atoms. The molecule has 1 aromatic carbocycles. The quantitative estimate of drug-likeness (QED) is 0.777. The summed E-state index contributed by atoms with van der Waals surface area (Å²) in [6, 6.07) is 5.95. The molecule has 0 aliphatic carbocycles. The third kappa shape index (κ3) is 5.69. The standard InChI is InChI=1S/C15H20FNO4/c16-12-2-4-13(5-3-12)20-8-1-6-17-7-9-21-14(11-17)10-15(18)19/h2-5,14H,1,6-11H2,(H,18,19). The highest BCUT2D eigenvalue weighted by Crippen LogP contribution is 2.12. The van der Waals surface area contributed by atoms with E-state index in [0.717, 1.165) is 19.5 Å². The number of carbonyl (C=O) groups is 1. The van der Waals surface area contributed by atoms with Crippen LogP contribution < -0.4 is 4.74 Å². The predicted molar refractivity (Wildman–Crippen MR) is 74.9 cm³/mol. The number of carboxylic acid groups (broad SMARTS) is 1. The molecule has 0 amide bonds. The largest absolute Gasteiger partial charge is 0.494 e. The summed E-state index contributed by atoms with van der Waals surface area (Å²) in [7, 11) is 0. The van der Waals surface area contributed by atoms with Crippen molar-refractivity contribution >= 4 is 5.97 Å². The first-order valence-electron chi connectivity index (χ1n) is 7.07. The van der Waals surface area contributed by atoms with Crippen LogP contribution in [0.5, 0.6) is 5.75 Å². The van der Waals surface area contributed by atoms with Gasteiger partial charge in [-0.25, -0.2) is 4.39 Å². The van der Waals surface area contributed by atoms with E-state index >= 15 is 0 Å². The number of carboxylic acids is 1. The zero-order valence-electron chi connectivity index (χ0n) is 11.8. The van der Waals surface area contributed by atoms with Gasteiger partial charge in [0, 0.05) is 19.6 Å². The normalized spacial score (nSPS) is 19.4. The van der Waals surface area contributed by atoms with Crippen LogP contribution in [-0.2, 0) is 9.53 Å². The number of ether oxygens (including phenoxy) is 2. The summed E-state index contributed by atoms with van der Waals surface area (Å²) in [5.74, 6) is -0.455. The highest BCUT2D eigenvalue weighted by Gasteiger charge is 2.22. The van der Waals surface area contributed by atoms with Crippen molar-refractivity contribution in [2.75, 3.05) is 32.8 Å². The zero-order valence-corrected chi connectivity index (χ0v) is 11.8. The van der Waals surface area contributed by atoms with E-state index in [9.17, 15) is 9.18 Å². The van der Waals surface area contributed by atoms with Crippen molar-refractivity contribution in [3.05, 3.63) is 30.1 Å². The topological polar surface area (TPSA) is 59.0 Å². The van der Waals surface area contributed by atoms with Gasteiger partial charge in [-0.3, -0.25) is 9.69 Å². The molecule has 0 aromatic heterocycles. The number of aliphatic carboxylic acids is 1. The summed E-state index contributed by atoms with van der Waals surface area (Å²) in [6.45, 7) is 3.40. The van der Waals surface area contributed by atoms with E-state index in [-0.39, 0.29) is 18.3 Å². The van der Waals surface area contributed by atoms with Gasteiger partial charge in [0.15, 0.2) is 0 Å². The van der Waals surface area contributed by atoms with Gasteiger partial charge in [-0.2, -0.15) is 0 Å². The van der Waals surface area contributed by atoms with Crippen molar-refractivity contribution in [3.8, 4) is 5.75 Å². The Morgan fingerprint density at radius 1 is 1.43 bits per heavy atom. The fourth-order valence-corrected chi connectivity index (χ4v) is 2.31. The van der Waals surface area contributed by atoms with Gasteiger partial charge in [0.25, 0.3) is 0 Å². The number of benzene rings is 1. The van der Waals surface area contributed by atoms with Gasteiger partial charge >= 0.3 is 5.97 Å². The molecule has 1 aromatic rings. The molecule has 6 heteroatoms. The van der Waals surface area contributed by atoms with Crippen molar-refractivity contribution in [1.82, 2.24) is 4.90 Å². The van der Waals surface area contributed by atoms with Gasteiger partial charge in [0.05, 0.1) is 25.7 Å². The van der Waals surface area contributed by atoms with Crippen molar-refractivity contribution in [2.24, 2.45) is 0 Å². The Morgan fingerprint density at radius 3 is 2.90 bits per heavy atom. The minimum atomic E-state index is -0.832. The molecule has 1 saturated heterocycles. The smallest absolute Gasteiger partial charge is 0.306 e. The summed E-state index contributed by atoms with van der Waals surface area (Å²) >= 11 is 0. The van der Waals surface area contributed by atoms with Crippen LogP contribution in [0.2, 0.25) is 0 Å².